The number of nitrogens with zero attached hydrogens (tertiary/aromatic N) is 1. The van der Waals surface area contributed by atoms with Crippen LogP contribution in [0.4, 0.5) is 0 Å². The lowest BCUT2D eigenvalue weighted by Gasteiger charge is -2.19. The highest BCUT2D eigenvalue weighted by molar-refractivity contribution is 6.32. The number of rotatable bonds is 5. The molecule has 0 radical (unpaired) electrons. The molecule has 0 saturated heterocycles. The molecule has 0 aliphatic carbocycles. The highest BCUT2D eigenvalue weighted by Gasteiger charge is 2.18. The van der Waals surface area contributed by atoms with Gasteiger partial charge >= 0.3 is 5.97 Å². The number of aromatic hydroxyl groups is 1. The van der Waals surface area contributed by atoms with Crippen molar-refractivity contribution in [2.24, 2.45) is 0 Å². The van der Waals surface area contributed by atoms with Crippen molar-refractivity contribution in [2.75, 3.05) is 19.7 Å². The quantitative estimate of drug-likeness (QED) is 0.841. The van der Waals surface area contributed by atoms with Gasteiger partial charge in [-0.2, -0.15) is 0 Å². The van der Waals surface area contributed by atoms with E-state index in [0.717, 1.165) is 0 Å². The van der Waals surface area contributed by atoms with Gasteiger partial charge in [0.25, 0.3) is 5.91 Å². The minimum absolute atomic E-state index is 0.0911. The number of carbonyl (C=O) groups excluding carboxylic acids is 2. The van der Waals surface area contributed by atoms with Crippen LogP contribution in [0.15, 0.2) is 18.2 Å². The van der Waals surface area contributed by atoms with Gasteiger partial charge in [0.05, 0.1) is 11.6 Å². The molecule has 1 amide bonds. The predicted molar refractivity (Wildman–Crippen MR) is 71.3 cm³/mol. The Morgan fingerprint density at radius 2 is 2.05 bits per heavy atom. The number of esters is 1. The third-order valence-electron chi connectivity index (χ3n) is 2.49. The van der Waals surface area contributed by atoms with E-state index >= 15 is 0 Å². The molecule has 0 bridgehead atoms. The molecule has 0 heterocycles. The van der Waals surface area contributed by atoms with E-state index in [1.54, 1.807) is 13.8 Å². The molecular weight excluding hydrogens is 270 g/mol. The van der Waals surface area contributed by atoms with Crippen LogP contribution >= 0.6 is 11.6 Å². The third-order valence-corrected chi connectivity index (χ3v) is 2.79. The number of amides is 1. The first kappa shape index (κ1) is 15.3. The predicted octanol–water partition coefficient (Wildman–Crippen LogP) is 2.07. The summed E-state index contributed by atoms with van der Waals surface area (Å²) < 4.78 is 4.80. The standard InChI is InChI=1S/C13H16ClNO4/c1-3-15(8-12(17)19-4-2)13(18)9-5-6-11(16)10(14)7-9/h5-7,16H,3-4,8H2,1-2H3. The van der Waals surface area contributed by atoms with Crippen molar-refractivity contribution in [3.63, 3.8) is 0 Å². The Balaban J connectivity index is 2.83. The van der Waals surface area contributed by atoms with Gasteiger partial charge in [0.2, 0.25) is 0 Å². The van der Waals surface area contributed by atoms with Gasteiger partial charge in [-0.15, -0.1) is 0 Å². The van der Waals surface area contributed by atoms with Gasteiger partial charge in [-0.3, -0.25) is 9.59 Å². The number of hydrogen-bond acceptors (Lipinski definition) is 4. The molecule has 0 aliphatic rings. The van der Waals surface area contributed by atoms with Crippen LogP contribution in [-0.4, -0.2) is 41.6 Å². The second-order valence-corrected chi connectivity index (χ2v) is 4.20. The molecule has 6 heteroatoms. The minimum atomic E-state index is -0.456. The van der Waals surface area contributed by atoms with Crippen LogP contribution in [0.3, 0.4) is 0 Å². The highest BCUT2D eigenvalue weighted by Crippen LogP contribution is 2.24. The first-order valence-corrected chi connectivity index (χ1v) is 6.30. The molecule has 1 rings (SSSR count). The smallest absolute Gasteiger partial charge is 0.325 e. The molecular formula is C13H16ClNO4. The van der Waals surface area contributed by atoms with E-state index in [-0.39, 0.29) is 29.8 Å². The monoisotopic (exact) mass is 285 g/mol. The highest BCUT2D eigenvalue weighted by atomic mass is 35.5. The first-order valence-electron chi connectivity index (χ1n) is 5.93. The molecule has 104 valence electrons. The van der Waals surface area contributed by atoms with Crippen LogP contribution in [0, 0.1) is 0 Å². The zero-order chi connectivity index (χ0) is 14.4. The molecule has 1 aromatic carbocycles. The van der Waals surface area contributed by atoms with Gasteiger partial charge < -0.3 is 14.7 Å². The summed E-state index contributed by atoms with van der Waals surface area (Å²) in [6.07, 6.45) is 0. The molecule has 0 spiro atoms. The summed E-state index contributed by atoms with van der Waals surface area (Å²) >= 11 is 5.75. The molecule has 0 aliphatic heterocycles. The Kier molecular flexibility index (Phi) is 5.63. The van der Waals surface area contributed by atoms with Crippen molar-refractivity contribution in [2.45, 2.75) is 13.8 Å². The van der Waals surface area contributed by atoms with Gasteiger partial charge in [0.1, 0.15) is 12.3 Å². The molecule has 0 unspecified atom stereocenters. The van der Waals surface area contributed by atoms with E-state index in [1.807, 2.05) is 0 Å². The van der Waals surface area contributed by atoms with Gasteiger partial charge in [-0.05, 0) is 32.0 Å². The first-order chi connectivity index (χ1) is 8.99. The largest absolute Gasteiger partial charge is 0.506 e. The summed E-state index contributed by atoms with van der Waals surface area (Å²) in [5, 5.41) is 9.40. The Morgan fingerprint density at radius 1 is 1.37 bits per heavy atom. The fraction of sp³-hybridized carbons (Fsp3) is 0.385. The summed E-state index contributed by atoms with van der Waals surface area (Å²) in [5.41, 5.74) is 0.314. The number of phenolic OH excluding ortho intramolecular Hbond substituents is 1. The van der Waals surface area contributed by atoms with Crippen molar-refractivity contribution < 1.29 is 19.4 Å². The summed E-state index contributed by atoms with van der Waals surface area (Å²) in [6, 6.07) is 4.16. The summed E-state index contributed by atoms with van der Waals surface area (Å²) in [4.78, 5) is 24.9. The van der Waals surface area contributed by atoms with Crippen molar-refractivity contribution in [3.05, 3.63) is 28.8 Å². The zero-order valence-corrected chi connectivity index (χ0v) is 11.6. The van der Waals surface area contributed by atoms with Crippen LogP contribution < -0.4 is 0 Å². The molecule has 1 N–H and O–H groups in total. The Hall–Kier alpha value is -1.75. The third kappa shape index (κ3) is 4.13. The van der Waals surface area contributed by atoms with Crippen molar-refractivity contribution in [3.8, 4) is 5.75 Å². The second kappa shape index (κ2) is 6.99. The van der Waals surface area contributed by atoms with Crippen LogP contribution in [0.5, 0.6) is 5.75 Å². The van der Waals surface area contributed by atoms with Crippen molar-refractivity contribution in [1.29, 1.82) is 0 Å². The molecule has 0 aromatic heterocycles. The Bertz CT molecular complexity index is 476. The Labute approximate surface area is 116 Å². The minimum Gasteiger partial charge on any atom is -0.506 e. The topological polar surface area (TPSA) is 66.8 Å². The van der Waals surface area contributed by atoms with Crippen LogP contribution in [0.1, 0.15) is 24.2 Å². The average Bonchev–Trinajstić information content (AvgIpc) is 2.38. The SMILES string of the molecule is CCOC(=O)CN(CC)C(=O)c1ccc(O)c(Cl)c1. The lowest BCUT2D eigenvalue weighted by molar-refractivity contribution is -0.143. The average molecular weight is 286 g/mol. The van der Waals surface area contributed by atoms with E-state index in [4.69, 9.17) is 16.3 Å². The normalized spacial score (nSPS) is 10.1. The summed E-state index contributed by atoms with van der Waals surface area (Å²) in [6.45, 7) is 4.00. The fourth-order valence-electron chi connectivity index (χ4n) is 1.51. The summed E-state index contributed by atoms with van der Waals surface area (Å²) in [5.74, 6) is -0.883. The second-order valence-electron chi connectivity index (χ2n) is 3.79. The maximum absolute atomic E-state index is 12.2. The number of phenols is 1. The maximum atomic E-state index is 12.2. The molecule has 1 aromatic rings. The molecule has 0 saturated carbocycles. The van der Waals surface area contributed by atoms with E-state index in [1.165, 1.54) is 23.1 Å². The van der Waals surface area contributed by atoms with E-state index in [9.17, 15) is 14.7 Å². The van der Waals surface area contributed by atoms with Crippen molar-refractivity contribution in [1.82, 2.24) is 4.90 Å². The van der Waals surface area contributed by atoms with Gasteiger partial charge in [0.15, 0.2) is 0 Å². The lowest BCUT2D eigenvalue weighted by atomic mass is 10.2. The van der Waals surface area contributed by atoms with Crippen LogP contribution in [0.2, 0.25) is 5.02 Å². The zero-order valence-electron chi connectivity index (χ0n) is 10.9. The number of benzene rings is 1. The van der Waals surface area contributed by atoms with Gasteiger partial charge in [-0.25, -0.2) is 0 Å². The van der Waals surface area contributed by atoms with Crippen molar-refractivity contribution >= 4 is 23.5 Å². The Morgan fingerprint density at radius 3 is 2.58 bits per heavy atom. The molecule has 0 atom stereocenters. The van der Waals surface area contributed by atoms with Gasteiger partial charge in [0, 0.05) is 12.1 Å². The van der Waals surface area contributed by atoms with Crippen LogP contribution in [-0.2, 0) is 9.53 Å². The number of likely N-dealkylation sites (N-methyl/N-ethyl adjacent to an activating group) is 1. The molecule has 0 fully saturated rings. The molecule has 19 heavy (non-hydrogen) atoms. The lowest BCUT2D eigenvalue weighted by Crippen LogP contribution is -2.36. The fourth-order valence-corrected chi connectivity index (χ4v) is 1.69. The van der Waals surface area contributed by atoms with Gasteiger partial charge in [-0.1, -0.05) is 11.6 Å². The van der Waals surface area contributed by atoms with Crippen LogP contribution in [0.25, 0.3) is 0 Å². The van der Waals surface area contributed by atoms with E-state index < -0.39 is 5.97 Å². The number of halogens is 1. The van der Waals surface area contributed by atoms with E-state index in [2.05, 4.69) is 0 Å². The molecule has 5 nitrogen and oxygen atoms in total. The maximum Gasteiger partial charge on any atom is 0.325 e. The number of ether oxygens (including phenoxy) is 1. The number of carbonyl (C=O) groups is 2. The summed E-state index contributed by atoms with van der Waals surface area (Å²) in [7, 11) is 0. The number of hydrogen-bond donors (Lipinski definition) is 1. The van der Waals surface area contributed by atoms with E-state index in [0.29, 0.717) is 12.1 Å².